The van der Waals surface area contributed by atoms with E-state index in [0.29, 0.717) is 52.7 Å². The van der Waals surface area contributed by atoms with E-state index in [1.165, 1.54) is 0 Å². The summed E-state index contributed by atoms with van der Waals surface area (Å²) >= 11 is 0. The van der Waals surface area contributed by atoms with Crippen LogP contribution in [0.5, 0.6) is 11.5 Å². The predicted octanol–water partition coefficient (Wildman–Crippen LogP) is 3.86. The van der Waals surface area contributed by atoms with E-state index in [-0.39, 0.29) is 0 Å². The Morgan fingerprint density at radius 2 is 1.02 bits per heavy atom. The summed E-state index contributed by atoms with van der Waals surface area (Å²) in [5, 5.41) is 18.7. The van der Waals surface area contributed by atoms with Gasteiger partial charge in [-0.25, -0.2) is 9.36 Å². The number of benzene rings is 2. The van der Waals surface area contributed by atoms with Crippen LogP contribution in [0.15, 0.2) is 85.5 Å². The van der Waals surface area contributed by atoms with Gasteiger partial charge in [0.25, 0.3) is 0 Å². The van der Waals surface area contributed by atoms with E-state index in [2.05, 4.69) is 30.6 Å². The smallest absolute Gasteiger partial charge is 0.146 e. The Morgan fingerprint density at radius 3 is 1.52 bits per heavy atom. The number of para-hydroxylation sites is 2. The molecule has 0 saturated carbocycles. The first kappa shape index (κ1) is 27.2. The van der Waals surface area contributed by atoms with Gasteiger partial charge in [0.2, 0.25) is 0 Å². The molecule has 0 bridgehead atoms. The topological polar surface area (TPSA) is 124 Å². The van der Waals surface area contributed by atoms with Gasteiger partial charge in [0.1, 0.15) is 47.1 Å². The highest BCUT2D eigenvalue weighted by Gasteiger charge is 2.08. The lowest BCUT2D eigenvalue weighted by atomic mass is 10.2. The Hall–Kier alpha value is -4.94. The minimum Gasteiger partial charge on any atom is -0.485 e. The fourth-order valence-corrected chi connectivity index (χ4v) is 4.35. The minimum absolute atomic E-state index is 0.312. The van der Waals surface area contributed by atoms with Gasteiger partial charge in [-0.15, -0.1) is 10.2 Å². The second-order valence-electron chi connectivity index (χ2n) is 9.41. The molecule has 42 heavy (non-hydrogen) atoms. The van der Waals surface area contributed by atoms with Crippen molar-refractivity contribution < 1.29 is 18.9 Å². The van der Waals surface area contributed by atoms with Crippen LogP contribution in [0.1, 0.15) is 11.4 Å². The maximum Gasteiger partial charge on any atom is 0.146 e. The molecule has 6 rings (SSSR count). The number of aromatic nitrogens is 8. The molecule has 0 radical (unpaired) electrons. The van der Waals surface area contributed by atoms with Gasteiger partial charge in [-0.1, -0.05) is 46.8 Å². The number of hydrogen-bond donors (Lipinski definition) is 0. The summed E-state index contributed by atoms with van der Waals surface area (Å²) in [6.45, 7) is 3.75. The van der Waals surface area contributed by atoms with Crippen molar-refractivity contribution >= 4 is 21.8 Å². The van der Waals surface area contributed by atoms with Crippen molar-refractivity contribution in [3.8, 4) is 11.5 Å². The molecule has 0 aliphatic rings. The van der Waals surface area contributed by atoms with Crippen molar-refractivity contribution in [3.05, 3.63) is 96.8 Å². The predicted molar refractivity (Wildman–Crippen MR) is 154 cm³/mol. The van der Waals surface area contributed by atoms with E-state index >= 15 is 0 Å². The lowest BCUT2D eigenvalue weighted by molar-refractivity contribution is 0.0402. The molecular weight excluding hydrogens is 536 g/mol. The largest absolute Gasteiger partial charge is 0.485 e. The van der Waals surface area contributed by atoms with Crippen LogP contribution < -0.4 is 9.47 Å². The van der Waals surface area contributed by atoms with Gasteiger partial charge in [0, 0.05) is 23.2 Å². The summed E-state index contributed by atoms with van der Waals surface area (Å²) in [7, 11) is 0. The third-order valence-corrected chi connectivity index (χ3v) is 6.42. The van der Waals surface area contributed by atoms with Crippen LogP contribution in [0.2, 0.25) is 0 Å². The number of fused-ring (bicyclic) bond motifs is 2. The van der Waals surface area contributed by atoms with E-state index in [4.69, 9.17) is 18.9 Å². The second-order valence-corrected chi connectivity index (χ2v) is 9.41. The molecule has 4 heterocycles. The molecule has 2 aromatic carbocycles. The first-order chi connectivity index (χ1) is 20.8. The van der Waals surface area contributed by atoms with Crippen LogP contribution in [0.25, 0.3) is 21.8 Å². The van der Waals surface area contributed by atoms with Crippen molar-refractivity contribution in [1.29, 1.82) is 0 Å². The Bertz CT molecular complexity index is 1600. The van der Waals surface area contributed by atoms with Gasteiger partial charge in [-0.05, 0) is 24.3 Å². The Morgan fingerprint density at radius 1 is 0.548 bits per heavy atom. The highest BCUT2D eigenvalue weighted by Crippen LogP contribution is 2.24. The zero-order valence-corrected chi connectivity index (χ0v) is 23.0. The Kier molecular flexibility index (Phi) is 8.83. The Labute approximate surface area is 241 Å². The molecule has 0 atom stereocenters. The van der Waals surface area contributed by atoms with E-state index in [0.717, 1.165) is 44.7 Å². The fraction of sp³-hybridized carbons (Fsp3) is 0.267. The van der Waals surface area contributed by atoms with Crippen molar-refractivity contribution in [2.24, 2.45) is 0 Å². The molecule has 12 nitrogen and oxygen atoms in total. The molecular formula is C30H30N8O4. The maximum absolute atomic E-state index is 5.93. The van der Waals surface area contributed by atoms with Crippen molar-refractivity contribution in [2.75, 3.05) is 26.4 Å². The summed E-state index contributed by atoms with van der Waals surface area (Å²) in [5.41, 5.74) is 3.13. The summed E-state index contributed by atoms with van der Waals surface area (Å²) in [5.74, 6) is 1.44. The molecule has 0 spiro atoms. The van der Waals surface area contributed by atoms with Crippen molar-refractivity contribution in [1.82, 2.24) is 40.0 Å². The van der Waals surface area contributed by atoms with Crippen LogP contribution in [0.3, 0.4) is 0 Å². The van der Waals surface area contributed by atoms with Gasteiger partial charge in [0.15, 0.2) is 0 Å². The summed E-state index contributed by atoms with van der Waals surface area (Å²) in [6.07, 6.45) is 7.22. The first-order valence-electron chi connectivity index (χ1n) is 13.7. The average Bonchev–Trinajstić information content (AvgIpc) is 3.69. The SMILES string of the molecule is c1cnc2c(OCc3cn(CCOCCOCCn4cc(COc5cccc6cccnc56)nn4)nn3)cccc2c1. The summed E-state index contributed by atoms with van der Waals surface area (Å²) < 4.78 is 26.7. The van der Waals surface area contributed by atoms with Crippen LogP contribution in [-0.4, -0.2) is 66.4 Å². The third kappa shape index (κ3) is 7.03. The summed E-state index contributed by atoms with van der Waals surface area (Å²) in [6, 6.07) is 19.5. The van der Waals surface area contributed by atoms with Gasteiger partial charge in [0.05, 0.1) is 51.9 Å². The molecule has 0 aliphatic carbocycles. The highest BCUT2D eigenvalue weighted by molar-refractivity contribution is 5.84. The fourth-order valence-electron chi connectivity index (χ4n) is 4.35. The number of pyridine rings is 2. The highest BCUT2D eigenvalue weighted by atomic mass is 16.5. The Balaban J connectivity index is 0.838. The van der Waals surface area contributed by atoms with Gasteiger partial charge in [-0.2, -0.15) is 0 Å². The average molecular weight is 567 g/mol. The van der Waals surface area contributed by atoms with E-state index in [9.17, 15) is 0 Å². The monoisotopic (exact) mass is 566 g/mol. The molecule has 6 aromatic rings. The van der Waals surface area contributed by atoms with E-state index < -0.39 is 0 Å². The van der Waals surface area contributed by atoms with E-state index in [1.807, 2.05) is 73.1 Å². The van der Waals surface area contributed by atoms with Crippen LogP contribution in [-0.2, 0) is 35.8 Å². The zero-order valence-electron chi connectivity index (χ0n) is 23.0. The number of ether oxygens (including phenoxy) is 4. The van der Waals surface area contributed by atoms with Gasteiger partial charge in [-0.3, -0.25) is 9.97 Å². The molecule has 0 amide bonds. The quantitative estimate of drug-likeness (QED) is 0.169. The van der Waals surface area contributed by atoms with Crippen LogP contribution in [0, 0.1) is 0 Å². The van der Waals surface area contributed by atoms with Crippen molar-refractivity contribution in [3.63, 3.8) is 0 Å². The molecule has 0 fully saturated rings. The zero-order chi connectivity index (χ0) is 28.4. The number of rotatable bonds is 15. The number of nitrogens with zero attached hydrogens (tertiary/aromatic N) is 8. The lowest BCUT2D eigenvalue weighted by Gasteiger charge is -2.07. The van der Waals surface area contributed by atoms with Gasteiger partial charge >= 0.3 is 0 Å². The third-order valence-electron chi connectivity index (χ3n) is 6.42. The molecule has 0 N–H and O–H groups in total. The van der Waals surface area contributed by atoms with Gasteiger partial charge < -0.3 is 18.9 Å². The number of hydrogen-bond acceptors (Lipinski definition) is 10. The van der Waals surface area contributed by atoms with E-state index in [1.54, 1.807) is 21.8 Å². The minimum atomic E-state index is 0.312. The standard InChI is InChI=1S/C30H30N8O4/c1-5-23-7-3-11-31-29(23)27(9-1)41-21-25-19-37(35-33-25)13-15-39-17-18-40-16-14-38-20-26(34-36-38)22-42-28-10-2-6-24-8-4-12-32-30(24)28/h1-12,19-20H,13-18,21-22H2. The molecule has 214 valence electrons. The molecule has 4 aromatic heterocycles. The summed E-state index contributed by atoms with van der Waals surface area (Å²) in [4.78, 5) is 8.82. The maximum atomic E-state index is 5.93. The lowest BCUT2D eigenvalue weighted by Crippen LogP contribution is -2.13. The van der Waals surface area contributed by atoms with Crippen molar-refractivity contribution in [2.45, 2.75) is 26.3 Å². The van der Waals surface area contributed by atoms with Crippen LogP contribution in [0.4, 0.5) is 0 Å². The van der Waals surface area contributed by atoms with Crippen LogP contribution >= 0.6 is 0 Å². The second kappa shape index (κ2) is 13.6. The molecule has 12 heteroatoms. The first-order valence-corrected chi connectivity index (χ1v) is 13.7. The molecule has 0 saturated heterocycles. The normalized spacial score (nSPS) is 11.3. The molecule has 0 aliphatic heterocycles. The molecule has 0 unspecified atom stereocenters.